The summed E-state index contributed by atoms with van der Waals surface area (Å²) in [6.07, 6.45) is 2.74. The summed E-state index contributed by atoms with van der Waals surface area (Å²) in [7, 11) is 0. The third kappa shape index (κ3) is 1.12. The van der Waals surface area contributed by atoms with Crippen molar-refractivity contribution in [3.05, 3.63) is 34.9 Å². The highest BCUT2D eigenvalue weighted by molar-refractivity contribution is 5.43. The molecule has 3 rings (SSSR count). The van der Waals surface area contributed by atoms with Crippen LogP contribution in [0.4, 0.5) is 0 Å². The molecule has 0 spiro atoms. The first-order chi connectivity index (χ1) is 6.86. The summed E-state index contributed by atoms with van der Waals surface area (Å²) in [5.74, 6) is 1.57. The topological polar surface area (TPSA) is 12.0 Å². The van der Waals surface area contributed by atoms with Gasteiger partial charge >= 0.3 is 0 Å². The zero-order chi connectivity index (χ0) is 9.54. The van der Waals surface area contributed by atoms with Crippen LogP contribution in [0.25, 0.3) is 0 Å². The maximum Gasteiger partial charge on any atom is 0.0208 e. The Bertz CT molecular complexity index is 356. The summed E-state index contributed by atoms with van der Waals surface area (Å²) in [5.41, 5.74) is 4.86. The summed E-state index contributed by atoms with van der Waals surface area (Å²) in [6, 6.07) is 6.84. The van der Waals surface area contributed by atoms with E-state index in [9.17, 15) is 0 Å². The fraction of sp³-hybridized carbons (Fsp3) is 0.538. The Morgan fingerprint density at radius 1 is 1.29 bits per heavy atom. The van der Waals surface area contributed by atoms with E-state index in [-0.39, 0.29) is 0 Å². The lowest BCUT2D eigenvalue weighted by molar-refractivity contribution is 0.446. The molecule has 1 nitrogen and oxygen atoms in total. The standard InChI is InChI=1S/C13H17N/c1-9-5-6-11-8-14-7-10-3-2-4-12(9)13(10)11/h2-4,9,11,14H,5-8H2,1H3. The smallest absolute Gasteiger partial charge is 0.0208 e. The molecule has 0 bridgehead atoms. The molecule has 1 aromatic rings. The second-order valence-electron chi connectivity index (χ2n) is 4.73. The molecule has 0 radical (unpaired) electrons. The van der Waals surface area contributed by atoms with Crippen molar-refractivity contribution in [3.8, 4) is 0 Å². The van der Waals surface area contributed by atoms with Gasteiger partial charge in [0.05, 0.1) is 0 Å². The minimum absolute atomic E-state index is 0.777. The lowest BCUT2D eigenvalue weighted by Gasteiger charge is -2.35. The van der Waals surface area contributed by atoms with E-state index in [0.717, 1.165) is 18.4 Å². The lowest BCUT2D eigenvalue weighted by atomic mass is 9.74. The third-order valence-corrected chi connectivity index (χ3v) is 3.82. The molecule has 1 aliphatic carbocycles. The lowest BCUT2D eigenvalue weighted by Crippen LogP contribution is -2.31. The van der Waals surface area contributed by atoms with Crippen molar-refractivity contribution in [1.29, 1.82) is 0 Å². The zero-order valence-electron chi connectivity index (χ0n) is 8.72. The van der Waals surface area contributed by atoms with Gasteiger partial charge in [0.15, 0.2) is 0 Å². The van der Waals surface area contributed by atoms with Crippen LogP contribution in [0.5, 0.6) is 0 Å². The Kier molecular flexibility index (Phi) is 1.88. The third-order valence-electron chi connectivity index (χ3n) is 3.82. The summed E-state index contributed by atoms with van der Waals surface area (Å²) in [5, 5.41) is 3.52. The molecule has 14 heavy (non-hydrogen) atoms. The van der Waals surface area contributed by atoms with Crippen molar-refractivity contribution >= 4 is 0 Å². The average Bonchev–Trinajstić information content (AvgIpc) is 2.24. The number of nitrogens with one attached hydrogen (secondary N) is 1. The Balaban J connectivity index is 2.19. The van der Waals surface area contributed by atoms with E-state index < -0.39 is 0 Å². The maximum absolute atomic E-state index is 3.52. The van der Waals surface area contributed by atoms with Crippen LogP contribution in [0.15, 0.2) is 18.2 Å². The monoisotopic (exact) mass is 187 g/mol. The first-order valence-electron chi connectivity index (χ1n) is 5.68. The molecule has 0 saturated carbocycles. The van der Waals surface area contributed by atoms with Gasteiger partial charge in [-0.25, -0.2) is 0 Å². The number of hydrogen-bond acceptors (Lipinski definition) is 1. The van der Waals surface area contributed by atoms with Crippen LogP contribution in [0.3, 0.4) is 0 Å². The number of rotatable bonds is 0. The van der Waals surface area contributed by atoms with Crippen molar-refractivity contribution < 1.29 is 0 Å². The molecule has 2 unspecified atom stereocenters. The van der Waals surface area contributed by atoms with E-state index in [1.807, 2.05) is 0 Å². The average molecular weight is 187 g/mol. The molecule has 0 aromatic heterocycles. The van der Waals surface area contributed by atoms with Gasteiger partial charge in [-0.2, -0.15) is 0 Å². The van der Waals surface area contributed by atoms with Gasteiger partial charge in [0.25, 0.3) is 0 Å². The van der Waals surface area contributed by atoms with Crippen LogP contribution < -0.4 is 5.32 Å². The van der Waals surface area contributed by atoms with Gasteiger partial charge in [-0.05, 0) is 41.4 Å². The molecule has 2 aliphatic rings. The van der Waals surface area contributed by atoms with Crippen molar-refractivity contribution in [2.24, 2.45) is 0 Å². The molecular weight excluding hydrogens is 170 g/mol. The van der Waals surface area contributed by atoms with Crippen LogP contribution in [0.1, 0.15) is 48.3 Å². The van der Waals surface area contributed by atoms with E-state index in [1.54, 1.807) is 16.7 Å². The second-order valence-corrected chi connectivity index (χ2v) is 4.73. The predicted molar refractivity (Wildman–Crippen MR) is 58.5 cm³/mol. The maximum atomic E-state index is 3.52. The van der Waals surface area contributed by atoms with Crippen LogP contribution in [-0.4, -0.2) is 6.54 Å². The number of hydrogen-bond donors (Lipinski definition) is 1. The van der Waals surface area contributed by atoms with Gasteiger partial charge in [0, 0.05) is 13.1 Å². The van der Waals surface area contributed by atoms with Crippen molar-refractivity contribution in [2.75, 3.05) is 6.54 Å². The second kappa shape index (κ2) is 3.09. The quantitative estimate of drug-likeness (QED) is 0.658. The van der Waals surface area contributed by atoms with Gasteiger partial charge < -0.3 is 5.32 Å². The molecule has 1 heteroatoms. The summed E-state index contributed by atoms with van der Waals surface area (Å²) in [6.45, 7) is 4.64. The minimum Gasteiger partial charge on any atom is -0.312 e. The Hall–Kier alpha value is -0.820. The van der Waals surface area contributed by atoms with Crippen LogP contribution >= 0.6 is 0 Å². The predicted octanol–water partition coefficient (Wildman–Crippen LogP) is 2.77. The van der Waals surface area contributed by atoms with Gasteiger partial charge in [0.1, 0.15) is 0 Å². The van der Waals surface area contributed by atoms with E-state index in [4.69, 9.17) is 0 Å². The molecule has 74 valence electrons. The molecule has 0 saturated heterocycles. The highest BCUT2D eigenvalue weighted by Crippen LogP contribution is 2.41. The Labute approximate surface area is 85.5 Å². The molecule has 1 heterocycles. The minimum atomic E-state index is 0.777. The van der Waals surface area contributed by atoms with Crippen LogP contribution in [-0.2, 0) is 6.54 Å². The fourth-order valence-electron chi connectivity index (χ4n) is 3.05. The fourth-order valence-corrected chi connectivity index (χ4v) is 3.05. The van der Waals surface area contributed by atoms with E-state index in [0.29, 0.717) is 0 Å². The normalized spacial score (nSPS) is 29.8. The van der Waals surface area contributed by atoms with Crippen molar-refractivity contribution in [3.63, 3.8) is 0 Å². The first kappa shape index (κ1) is 8.49. The highest BCUT2D eigenvalue weighted by Gasteiger charge is 2.28. The first-order valence-corrected chi connectivity index (χ1v) is 5.68. The van der Waals surface area contributed by atoms with Gasteiger partial charge in [0.2, 0.25) is 0 Å². The van der Waals surface area contributed by atoms with Gasteiger partial charge in [-0.15, -0.1) is 0 Å². The summed E-state index contributed by atoms with van der Waals surface area (Å²) in [4.78, 5) is 0. The zero-order valence-corrected chi connectivity index (χ0v) is 8.72. The van der Waals surface area contributed by atoms with Crippen LogP contribution in [0, 0.1) is 0 Å². The summed E-state index contributed by atoms with van der Waals surface area (Å²) < 4.78 is 0. The molecule has 2 atom stereocenters. The molecular formula is C13H17N. The molecule has 1 aliphatic heterocycles. The van der Waals surface area contributed by atoms with Crippen LogP contribution in [0.2, 0.25) is 0 Å². The Morgan fingerprint density at radius 2 is 2.21 bits per heavy atom. The highest BCUT2D eigenvalue weighted by atomic mass is 14.9. The van der Waals surface area contributed by atoms with Gasteiger partial charge in [-0.1, -0.05) is 25.1 Å². The van der Waals surface area contributed by atoms with Gasteiger partial charge in [-0.3, -0.25) is 0 Å². The van der Waals surface area contributed by atoms with E-state index in [1.165, 1.54) is 19.4 Å². The SMILES string of the molecule is CC1CCC2CNCc3cccc1c32. The molecule has 1 aromatic carbocycles. The molecule has 1 N–H and O–H groups in total. The van der Waals surface area contributed by atoms with Crippen molar-refractivity contribution in [2.45, 2.75) is 38.1 Å². The Morgan fingerprint density at radius 3 is 3.14 bits per heavy atom. The van der Waals surface area contributed by atoms with E-state index in [2.05, 4.69) is 30.4 Å². The van der Waals surface area contributed by atoms with E-state index >= 15 is 0 Å². The number of benzene rings is 1. The molecule has 0 fully saturated rings. The summed E-state index contributed by atoms with van der Waals surface area (Å²) >= 11 is 0. The largest absolute Gasteiger partial charge is 0.312 e. The van der Waals surface area contributed by atoms with Crippen molar-refractivity contribution in [1.82, 2.24) is 5.32 Å². The molecule has 0 amide bonds.